The van der Waals surface area contributed by atoms with Crippen molar-refractivity contribution < 1.29 is 9.59 Å². The van der Waals surface area contributed by atoms with Crippen LogP contribution in [0.3, 0.4) is 0 Å². The van der Waals surface area contributed by atoms with E-state index >= 15 is 0 Å². The number of aryl methyl sites for hydroxylation is 1. The van der Waals surface area contributed by atoms with Crippen LogP contribution in [0.5, 0.6) is 0 Å². The number of carbonyl (C=O) groups is 2. The molecule has 0 bridgehead atoms. The molecule has 2 amide bonds. The third-order valence-corrected chi connectivity index (χ3v) is 2.97. The number of rotatable bonds is 5. The summed E-state index contributed by atoms with van der Waals surface area (Å²) in [4.78, 5) is 24.3. The number of benzene rings is 1. The van der Waals surface area contributed by atoms with Crippen LogP contribution in [0.25, 0.3) is 0 Å². The van der Waals surface area contributed by atoms with E-state index in [1.165, 1.54) is 0 Å². The molecule has 0 unspecified atom stereocenters. The van der Waals surface area contributed by atoms with Gasteiger partial charge in [-0.05, 0) is 24.1 Å². The fourth-order valence-electron chi connectivity index (χ4n) is 1.47. The molecule has 1 N–H and O–H groups in total. The van der Waals surface area contributed by atoms with Gasteiger partial charge < -0.3 is 10.2 Å². The van der Waals surface area contributed by atoms with Crippen LogP contribution in [-0.4, -0.2) is 36.1 Å². The van der Waals surface area contributed by atoms with E-state index in [1.807, 2.05) is 24.3 Å². The second-order valence-corrected chi connectivity index (χ2v) is 4.73. The Bertz CT molecular complexity index is 433. The number of nitrogens with zero attached hydrogens (tertiary/aromatic N) is 1. The molecule has 0 atom stereocenters. The maximum Gasteiger partial charge on any atom is 0.235 e. The second kappa shape index (κ2) is 7.16. The van der Waals surface area contributed by atoms with Crippen LogP contribution in [0.1, 0.15) is 12.0 Å². The molecule has 0 aromatic heterocycles. The fraction of sp³-hybridized carbons (Fsp3) is 0.385. The van der Waals surface area contributed by atoms with E-state index in [0.717, 1.165) is 11.3 Å². The van der Waals surface area contributed by atoms with Crippen LogP contribution in [0.15, 0.2) is 24.3 Å². The molecule has 0 saturated heterocycles. The van der Waals surface area contributed by atoms with Gasteiger partial charge in [-0.2, -0.15) is 0 Å². The van der Waals surface area contributed by atoms with Gasteiger partial charge in [-0.1, -0.05) is 28.1 Å². The topological polar surface area (TPSA) is 49.4 Å². The van der Waals surface area contributed by atoms with Gasteiger partial charge >= 0.3 is 0 Å². The summed E-state index contributed by atoms with van der Waals surface area (Å²) >= 11 is 3.09. The summed E-state index contributed by atoms with van der Waals surface area (Å²) < 4.78 is 0. The highest BCUT2D eigenvalue weighted by Gasteiger charge is 2.05. The van der Waals surface area contributed by atoms with Crippen molar-refractivity contribution in [1.29, 1.82) is 0 Å². The van der Waals surface area contributed by atoms with Crippen LogP contribution in [-0.2, 0) is 16.0 Å². The minimum atomic E-state index is -0.0866. The van der Waals surface area contributed by atoms with Crippen LogP contribution in [0, 0.1) is 0 Å². The summed E-state index contributed by atoms with van der Waals surface area (Å²) in [5.41, 5.74) is 1.80. The zero-order valence-electron chi connectivity index (χ0n) is 10.6. The minimum absolute atomic E-state index is 0.0866. The Balaban J connectivity index is 2.59. The molecule has 98 valence electrons. The lowest BCUT2D eigenvalue weighted by molar-refractivity contribution is -0.128. The first kappa shape index (κ1) is 14.7. The number of alkyl halides is 1. The van der Waals surface area contributed by atoms with Gasteiger partial charge in [0.15, 0.2) is 0 Å². The summed E-state index contributed by atoms with van der Waals surface area (Å²) in [6.07, 6.45) is 1.15. The quantitative estimate of drug-likeness (QED) is 0.846. The molecule has 1 aromatic rings. The maximum atomic E-state index is 11.5. The highest BCUT2D eigenvalue weighted by atomic mass is 79.9. The molecule has 0 spiro atoms. The first-order valence-electron chi connectivity index (χ1n) is 5.68. The van der Waals surface area contributed by atoms with E-state index in [1.54, 1.807) is 19.0 Å². The number of hydrogen-bond acceptors (Lipinski definition) is 2. The number of carbonyl (C=O) groups excluding carboxylic acids is 2. The molecule has 0 aliphatic rings. The lowest BCUT2D eigenvalue weighted by Gasteiger charge is -2.10. The van der Waals surface area contributed by atoms with Crippen LogP contribution >= 0.6 is 15.9 Å². The molecule has 0 fully saturated rings. The number of hydrogen-bond donors (Lipinski definition) is 1. The normalized spacial score (nSPS) is 9.94. The van der Waals surface area contributed by atoms with Crippen LogP contribution in [0.4, 0.5) is 5.69 Å². The Morgan fingerprint density at radius 1 is 1.33 bits per heavy atom. The van der Waals surface area contributed by atoms with Gasteiger partial charge in [-0.15, -0.1) is 0 Å². The smallest absolute Gasteiger partial charge is 0.235 e. The third kappa shape index (κ3) is 4.87. The summed E-state index contributed by atoms with van der Waals surface area (Å²) in [5.74, 6) is 0.0152. The van der Waals surface area contributed by atoms with Crippen molar-refractivity contribution in [3.63, 3.8) is 0 Å². The molecule has 18 heavy (non-hydrogen) atoms. The molecule has 5 heteroatoms. The van der Waals surface area contributed by atoms with Gasteiger partial charge in [0.2, 0.25) is 11.8 Å². The number of anilines is 1. The average molecular weight is 313 g/mol. The molecule has 1 aromatic carbocycles. The second-order valence-electron chi connectivity index (χ2n) is 4.17. The van der Waals surface area contributed by atoms with E-state index in [4.69, 9.17) is 0 Å². The standard InChI is InChI=1S/C13H17BrN2O2/c1-16(2)13(18)7-6-10-4-3-5-11(8-10)15-12(17)9-14/h3-5,8H,6-7,9H2,1-2H3,(H,15,17). The first-order chi connectivity index (χ1) is 8.52. The van der Waals surface area contributed by atoms with Gasteiger partial charge in [0, 0.05) is 26.2 Å². The summed E-state index contributed by atoms with van der Waals surface area (Å²) in [5, 5.41) is 3.04. The zero-order valence-corrected chi connectivity index (χ0v) is 12.2. The number of nitrogens with one attached hydrogen (secondary N) is 1. The van der Waals surface area contributed by atoms with Crippen molar-refractivity contribution in [3.8, 4) is 0 Å². The number of amides is 2. The molecule has 0 radical (unpaired) electrons. The van der Waals surface area contributed by atoms with Crippen molar-refractivity contribution in [3.05, 3.63) is 29.8 Å². The van der Waals surface area contributed by atoms with E-state index in [0.29, 0.717) is 12.8 Å². The predicted molar refractivity (Wildman–Crippen MR) is 75.9 cm³/mol. The first-order valence-corrected chi connectivity index (χ1v) is 6.80. The molecule has 0 aliphatic heterocycles. The molecule has 4 nitrogen and oxygen atoms in total. The monoisotopic (exact) mass is 312 g/mol. The van der Waals surface area contributed by atoms with E-state index in [-0.39, 0.29) is 17.1 Å². The molecule has 0 aliphatic carbocycles. The Morgan fingerprint density at radius 2 is 2.06 bits per heavy atom. The Labute approximate surface area is 115 Å². The molecular weight excluding hydrogens is 296 g/mol. The van der Waals surface area contributed by atoms with Crippen molar-refractivity contribution in [2.45, 2.75) is 12.8 Å². The van der Waals surface area contributed by atoms with Crippen LogP contribution in [0.2, 0.25) is 0 Å². The van der Waals surface area contributed by atoms with Gasteiger partial charge in [-0.25, -0.2) is 0 Å². The summed E-state index contributed by atoms with van der Waals surface area (Å²) in [7, 11) is 3.49. The Kier molecular flexibility index (Phi) is 5.85. The van der Waals surface area contributed by atoms with Gasteiger partial charge in [0.25, 0.3) is 0 Å². The largest absolute Gasteiger partial charge is 0.349 e. The highest BCUT2D eigenvalue weighted by Crippen LogP contribution is 2.12. The molecule has 0 heterocycles. The van der Waals surface area contributed by atoms with E-state index < -0.39 is 0 Å². The summed E-state index contributed by atoms with van der Waals surface area (Å²) in [6.45, 7) is 0. The van der Waals surface area contributed by atoms with Crippen molar-refractivity contribution in [2.75, 3.05) is 24.7 Å². The Hall–Kier alpha value is -1.36. The fourth-order valence-corrected chi connectivity index (χ4v) is 1.61. The number of halogens is 1. The molecule has 0 saturated carbocycles. The maximum absolute atomic E-state index is 11.5. The average Bonchev–Trinajstić information content (AvgIpc) is 2.36. The van der Waals surface area contributed by atoms with Gasteiger partial charge in [-0.3, -0.25) is 9.59 Å². The van der Waals surface area contributed by atoms with Gasteiger partial charge in [0.05, 0.1) is 5.33 Å². The van der Waals surface area contributed by atoms with Gasteiger partial charge in [0.1, 0.15) is 0 Å². The Morgan fingerprint density at radius 3 is 2.67 bits per heavy atom. The lowest BCUT2D eigenvalue weighted by Crippen LogP contribution is -2.21. The minimum Gasteiger partial charge on any atom is -0.349 e. The molecular formula is C13H17BrN2O2. The van der Waals surface area contributed by atoms with Crippen LogP contribution < -0.4 is 5.32 Å². The van der Waals surface area contributed by atoms with E-state index in [2.05, 4.69) is 21.2 Å². The third-order valence-electron chi connectivity index (χ3n) is 2.46. The molecule has 1 rings (SSSR count). The van der Waals surface area contributed by atoms with Crippen molar-refractivity contribution >= 4 is 33.4 Å². The summed E-state index contributed by atoms with van der Waals surface area (Å²) in [6, 6.07) is 7.55. The SMILES string of the molecule is CN(C)C(=O)CCc1cccc(NC(=O)CBr)c1. The highest BCUT2D eigenvalue weighted by molar-refractivity contribution is 9.09. The van der Waals surface area contributed by atoms with E-state index in [9.17, 15) is 9.59 Å². The van der Waals surface area contributed by atoms with Crippen molar-refractivity contribution in [2.24, 2.45) is 0 Å². The zero-order chi connectivity index (χ0) is 13.5. The van der Waals surface area contributed by atoms with Crippen molar-refractivity contribution in [1.82, 2.24) is 4.90 Å². The predicted octanol–water partition coefficient (Wildman–Crippen LogP) is 2.04. The lowest BCUT2D eigenvalue weighted by atomic mass is 10.1.